The van der Waals surface area contributed by atoms with Gasteiger partial charge in [0.2, 0.25) is 0 Å². The predicted octanol–water partition coefficient (Wildman–Crippen LogP) is 4.75. The van der Waals surface area contributed by atoms with Gasteiger partial charge in [0.15, 0.2) is 0 Å². The van der Waals surface area contributed by atoms with Crippen molar-refractivity contribution in [2.45, 2.75) is 65.2 Å². The molecular weight excluding hydrogens is 388 g/mol. The van der Waals surface area contributed by atoms with Gasteiger partial charge < -0.3 is 14.4 Å². The zero-order chi connectivity index (χ0) is 22.1. The molecule has 0 radical (unpaired) electrons. The van der Waals surface area contributed by atoms with Crippen LogP contribution in [0.5, 0.6) is 0 Å². The van der Waals surface area contributed by atoms with Gasteiger partial charge in [0, 0.05) is 16.5 Å². The highest BCUT2D eigenvalue weighted by atomic mass is 16.5. The molecule has 0 fully saturated rings. The first kappa shape index (κ1) is 20.0. The third kappa shape index (κ3) is 2.66. The summed E-state index contributed by atoms with van der Waals surface area (Å²) < 4.78 is 7.38. The summed E-state index contributed by atoms with van der Waals surface area (Å²) in [6.07, 6.45) is 1.25. The van der Waals surface area contributed by atoms with Crippen LogP contribution in [0.3, 0.4) is 0 Å². The molecule has 1 N–H and O–H groups in total. The highest BCUT2D eigenvalue weighted by Gasteiger charge is 2.41. The van der Waals surface area contributed by atoms with Crippen molar-refractivity contribution in [2.24, 2.45) is 0 Å². The molecule has 0 spiro atoms. The first-order valence-corrected chi connectivity index (χ1v) is 11.1. The SMILES string of the molecule is C=C1OCc2c(cc3n(c2=O)Cc2c-3nc3ccc(C(C)C)cc3c2CC)[C@@]1(O)CC. The molecule has 0 aliphatic carbocycles. The van der Waals surface area contributed by atoms with Crippen molar-refractivity contribution in [1.29, 1.82) is 0 Å². The number of benzene rings is 1. The molecule has 2 aliphatic rings. The molecule has 2 aromatic heterocycles. The monoisotopic (exact) mass is 416 g/mol. The summed E-state index contributed by atoms with van der Waals surface area (Å²) in [6.45, 7) is 12.9. The number of nitrogens with zero attached hydrogens (tertiary/aromatic N) is 2. The van der Waals surface area contributed by atoms with Crippen molar-refractivity contribution in [3.8, 4) is 11.4 Å². The quantitative estimate of drug-likeness (QED) is 0.523. The van der Waals surface area contributed by atoms with Crippen LogP contribution in [-0.4, -0.2) is 14.7 Å². The van der Waals surface area contributed by atoms with Crippen LogP contribution < -0.4 is 5.56 Å². The minimum atomic E-state index is -1.36. The Bertz CT molecular complexity index is 1320. The summed E-state index contributed by atoms with van der Waals surface area (Å²) in [5.41, 5.74) is 5.84. The highest BCUT2D eigenvalue weighted by Crippen LogP contribution is 2.42. The molecule has 0 saturated carbocycles. The van der Waals surface area contributed by atoms with Gasteiger partial charge in [0.1, 0.15) is 18.0 Å². The van der Waals surface area contributed by atoms with E-state index in [-0.39, 0.29) is 12.2 Å². The molecule has 3 aromatic rings. The normalized spacial score (nSPS) is 19.4. The van der Waals surface area contributed by atoms with E-state index in [2.05, 4.69) is 45.5 Å². The van der Waals surface area contributed by atoms with E-state index in [0.717, 1.165) is 28.9 Å². The molecule has 4 heterocycles. The second kappa shape index (κ2) is 6.79. The largest absolute Gasteiger partial charge is 0.490 e. The lowest BCUT2D eigenvalue weighted by Gasteiger charge is -2.35. The van der Waals surface area contributed by atoms with Gasteiger partial charge in [-0.15, -0.1) is 0 Å². The molecule has 0 unspecified atom stereocenters. The van der Waals surface area contributed by atoms with Gasteiger partial charge in [-0.2, -0.15) is 0 Å². The number of rotatable bonds is 3. The Morgan fingerprint density at radius 2 is 2.03 bits per heavy atom. The summed E-state index contributed by atoms with van der Waals surface area (Å²) in [5.74, 6) is 0.737. The second-order valence-electron chi connectivity index (χ2n) is 8.94. The lowest BCUT2D eigenvalue weighted by atomic mass is 9.84. The fraction of sp³-hybridized carbons (Fsp3) is 0.385. The molecule has 5 rings (SSSR count). The van der Waals surface area contributed by atoms with E-state index < -0.39 is 5.60 Å². The smallest absolute Gasteiger partial charge is 0.258 e. The number of hydrogen-bond donors (Lipinski definition) is 1. The van der Waals surface area contributed by atoms with Crippen LogP contribution >= 0.6 is 0 Å². The summed E-state index contributed by atoms with van der Waals surface area (Å²) >= 11 is 0. The fourth-order valence-corrected chi connectivity index (χ4v) is 5.06. The van der Waals surface area contributed by atoms with Gasteiger partial charge >= 0.3 is 0 Å². The minimum Gasteiger partial charge on any atom is -0.490 e. The minimum absolute atomic E-state index is 0.112. The number of aryl methyl sites for hydroxylation is 1. The Kier molecular flexibility index (Phi) is 4.38. The highest BCUT2D eigenvalue weighted by molar-refractivity contribution is 5.88. The van der Waals surface area contributed by atoms with Gasteiger partial charge in [-0.05, 0) is 48.1 Å². The van der Waals surface area contributed by atoms with E-state index in [9.17, 15) is 9.90 Å². The summed E-state index contributed by atoms with van der Waals surface area (Å²) in [7, 11) is 0. The molecule has 0 bridgehead atoms. The van der Waals surface area contributed by atoms with Crippen LogP contribution in [-0.2, 0) is 29.9 Å². The van der Waals surface area contributed by atoms with Gasteiger partial charge in [-0.25, -0.2) is 4.98 Å². The Morgan fingerprint density at radius 1 is 1.26 bits per heavy atom. The van der Waals surface area contributed by atoms with Gasteiger partial charge in [0.25, 0.3) is 5.56 Å². The third-order valence-corrected chi connectivity index (χ3v) is 7.02. The van der Waals surface area contributed by atoms with E-state index in [0.29, 0.717) is 35.8 Å². The molecule has 5 heteroatoms. The lowest BCUT2D eigenvalue weighted by molar-refractivity contribution is -0.0172. The van der Waals surface area contributed by atoms with Crippen LogP contribution in [0.2, 0.25) is 0 Å². The van der Waals surface area contributed by atoms with Crippen molar-refractivity contribution >= 4 is 10.9 Å². The molecule has 5 nitrogen and oxygen atoms in total. The maximum atomic E-state index is 13.4. The molecule has 31 heavy (non-hydrogen) atoms. The number of ether oxygens (including phenoxy) is 1. The van der Waals surface area contributed by atoms with Crippen LogP contribution in [0.4, 0.5) is 0 Å². The zero-order valence-electron chi connectivity index (χ0n) is 18.6. The first-order chi connectivity index (χ1) is 14.8. The Labute approximate surface area is 182 Å². The van der Waals surface area contributed by atoms with E-state index in [1.807, 2.05) is 13.0 Å². The Hall–Kier alpha value is -2.92. The maximum absolute atomic E-state index is 13.4. The van der Waals surface area contributed by atoms with Crippen molar-refractivity contribution in [1.82, 2.24) is 9.55 Å². The standard InChI is InChI=1S/C26H28N2O3/c1-6-17-18-10-16(14(3)4)8-9-22(18)27-24-19(17)12-28-23(24)11-21-20(25(28)29)13-31-15(5)26(21,30)7-2/h8-11,14,30H,5-7,12-13H2,1-4H3/t26-/m1/s1. The van der Waals surface area contributed by atoms with Gasteiger partial charge in [0.05, 0.1) is 29.0 Å². The Morgan fingerprint density at radius 3 is 2.71 bits per heavy atom. The lowest BCUT2D eigenvalue weighted by Crippen LogP contribution is -2.38. The van der Waals surface area contributed by atoms with Crippen molar-refractivity contribution in [3.05, 3.63) is 74.8 Å². The fourth-order valence-electron chi connectivity index (χ4n) is 5.06. The molecule has 160 valence electrons. The molecule has 0 amide bonds. The molecule has 1 atom stereocenters. The third-order valence-electron chi connectivity index (χ3n) is 7.02. The van der Waals surface area contributed by atoms with E-state index in [1.165, 1.54) is 16.5 Å². The van der Waals surface area contributed by atoms with E-state index in [4.69, 9.17) is 9.72 Å². The number of aromatic nitrogens is 2. The first-order valence-electron chi connectivity index (χ1n) is 11.1. The van der Waals surface area contributed by atoms with Crippen LogP contribution in [0.25, 0.3) is 22.3 Å². The zero-order valence-corrected chi connectivity index (χ0v) is 18.6. The van der Waals surface area contributed by atoms with E-state index in [1.54, 1.807) is 4.57 Å². The number of aliphatic hydroxyl groups is 1. The second-order valence-corrected chi connectivity index (χ2v) is 8.94. The number of fused-ring (bicyclic) bond motifs is 5. The number of pyridine rings is 2. The van der Waals surface area contributed by atoms with Gasteiger partial charge in [-0.3, -0.25) is 4.79 Å². The molecule has 0 saturated heterocycles. The van der Waals surface area contributed by atoms with Crippen LogP contribution in [0.1, 0.15) is 67.9 Å². The van der Waals surface area contributed by atoms with Crippen LogP contribution in [0, 0.1) is 0 Å². The van der Waals surface area contributed by atoms with Crippen molar-refractivity contribution in [3.63, 3.8) is 0 Å². The average molecular weight is 417 g/mol. The molecule has 2 aliphatic heterocycles. The number of hydrogen-bond acceptors (Lipinski definition) is 4. The van der Waals surface area contributed by atoms with Crippen molar-refractivity contribution < 1.29 is 9.84 Å². The molecular formula is C26H28N2O3. The van der Waals surface area contributed by atoms with Crippen molar-refractivity contribution in [2.75, 3.05) is 0 Å². The van der Waals surface area contributed by atoms with E-state index >= 15 is 0 Å². The van der Waals surface area contributed by atoms with Crippen LogP contribution in [0.15, 0.2) is 41.4 Å². The Balaban J connectivity index is 1.80. The summed E-state index contributed by atoms with van der Waals surface area (Å²) in [6, 6.07) is 8.40. The average Bonchev–Trinajstić information content (AvgIpc) is 3.13. The summed E-state index contributed by atoms with van der Waals surface area (Å²) in [5, 5.41) is 12.4. The summed E-state index contributed by atoms with van der Waals surface area (Å²) in [4.78, 5) is 18.4. The predicted molar refractivity (Wildman–Crippen MR) is 122 cm³/mol. The maximum Gasteiger partial charge on any atom is 0.258 e. The van der Waals surface area contributed by atoms with Gasteiger partial charge in [-0.1, -0.05) is 40.3 Å². The topological polar surface area (TPSA) is 64.4 Å². The molecule has 1 aromatic carbocycles.